The predicted octanol–water partition coefficient (Wildman–Crippen LogP) is 2.66. The van der Waals surface area contributed by atoms with Gasteiger partial charge >= 0.3 is 0 Å². The fraction of sp³-hybridized carbons (Fsp3) is 0. The Morgan fingerprint density at radius 2 is 1.88 bits per heavy atom. The van der Waals surface area contributed by atoms with Gasteiger partial charge in [0.2, 0.25) is 0 Å². The second-order valence-electron chi connectivity index (χ2n) is 3.91. The van der Waals surface area contributed by atoms with E-state index in [4.69, 9.17) is 5.41 Å². The lowest BCUT2D eigenvalue weighted by atomic mass is 9.94. The van der Waals surface area contributed by atoms with Gasteiger partial charge in [-0.1, -0.05) is 24.3 Å². The largest absolute Gasteiger partial charge is 0.294 e. The van der Waals surface area contributed by atoms with Crippen LogP contribution in [0.2, 0.25) is 0 Å². The highest BCUT2D eigenvalue weighted by Gasteiger charge is 2.30. The van der Waals surface area contributed by atoms with Gasteiger partial charge in [-0.2, -0.15) is 0 Å². The van der Waals surface area contributed by atoms with Crippen LogP contribution in [0.1, 0.15) is 11.1 Å². The van der Waals surface area contributed by atoms with Crippen LogP contribution in [0.5, 0.6) is 0 Å². The summed E-state index contributed by atoms with van der Waals surface area (Å²) in [6.45, 7) is 0. The number of benzene rings is 1. The number of nitrogens with one attached hydrogen (secondary N) is 1. The van der Waals surface area contributed by atoms with Crippen molar-refractivity contribution in [2.45, 2.75) is 0 Å². The van der Waals surface area contributed by atoms with E-state index < -0.39 is 4.92 Å². The van der Waals surface area contributed by atoms with Gasteiger partial charge in [0.05, 0.1) is 4.92 Å². The van der Waals surface area contributed by atoms with Crippen molar-refractivity contribution in [3.8, 4) is 0 Å². The summed E-state index contributed by atoms with van der Waals surface area (Å²) in [6.07, 6.45) is 4.95. The van der Waals surface area contributed by atoms with Gasteiger partial charge in [0, 0.05) is 11.6 Å². The summed E-state index contributed by atoms with van der Waals surface area (Å²) in [6, 6.07) is 7.75. The molecule has 82 valence electrons. The molecule has 0 spiro atoms. The first-order valence-electron chi connectivity index (χ1n) is 5.15. The Labute approximate surface area is 97.2 Å². The monoisotopic (exact) mass is 224 g/mol. The standard InChI is InChI=1S/C13H8N2O2/c14-13-11-7-8-3-1-2-4-9(8)10(11)5-6-12(13)15(16)17/h1-7,14H. The first-order chi connectivity index (χ1) is 8.18. The van der Waals surface area contributed by atoms with Crippen LogP contribution in [0.15, 0.2) is 47.7 Å². The molecule has 0 atom stereocenters. The predicted molar refractivity (Wildman–Crippen MR) is 65.2 cm³/mol. The van der Waals surface area contributed by atoms with Crippen molar-refractivity contribution in [3.63, 3.8) is 0 Å². The highest BCUT2D eigenvalue weighted by molar-refractivity contribution is 6.26. The maximum Gasteiger partial charge on any atom is 0.294 e. The third-order valence-electron chi connectivity index (χ3n) is 2.97. The summed E-state index contributed by atoms with van der Waals surface area (Å²) in [5.74, 6) is 0. The molecule has 0 bridgehead atoms. The molecular weight excluding hydrogens is 216 g/mol. The minimum Gasteiger partial charge on any atom is -0.294 e. The molecule has 0 aromatic heterocycles. The molecule has 0 fully saturated rings. The molecule has 2 aliphatic rings. The van der Waals surface area contributed by atoms with Gasteiger partial charge in [0.1, 0.15) is 5.71 Å². The molecule has 3 rings (SSSR count). The van der Waals surface area contributed by atoms with Crippen LogP contribution in [0.3, 0.4) is 0 Å². The highest BCUT2D eigenvalue weighted by Crippen LogP contribution is 2.39. The normalized spacial score (nSPS) is 16.7. The minimum absolute atomic E-state index is 0.0105. The fourth-order valence-corrected chi connectivity index (χ4v) is 2.17. The number of hydrogen-bond donors (Lipinski definition) is 1. The molecule has 4 nitrogen and oxygen atoms in total. The Bertz CT molecular complexity index is 651. The smallest absolute Gasteiger partial charge is 0.294 e. The van der Waals surface area contributed by atoms with Gasteiger partial charge in [-0.25, -0.2) is 0 Å². The highest BCUT2D eigenvalue weighted by atomic mass is 16.6. The van der Waals surface area contributed by atoms with E-state index in [0.29, 0.717) is 5.57 Å². The first-order valence-corrected chi connectivity index (χ1v) is 5.15. The van der Waals surface area contributed by atoms with Gasteiger partial charge in [-0.3, -0.25) is 15.5 Å². The second-order valence-corrected chi connectivity index (χ2v) is 3.91. The van der Waals surface area contributed by atoms with Crippen molar-refractivity contribution >= 4 is 17.4 Å². The van der Waals surface area contributed by atoms with E-state index in [1.165, 1.54) is 6.08 Å². The Morgan fingerprint density at radius 3 is 2.65 bits per heavy atom. The maximum atomic E-state index is 10.8. The van der Waals surface area contributed by atoms with Crippen LogP contribution in [-0.4, -0.2) is 10.6 Å². The van der Waals surface area contributed by atoms with Gasteiger partial charge in [-0.15, -0.1) is 0 Å². The van der Waals surface area contributed by atoms with Gasteiger partial charge in [0.15, 0.2) is 0 Å². The van der Waals surface area contributed by atoms with Gasteiger partial charge < -0.3 is 0 Å². The summed E-state index contributed by atoms with van der Waals surface area (Å²) in [5, 5.41) is 18.6. The Kier molecular flexibility index (Phi) is 1.86. The number of nitrogens with zero attached hydrogens (tertiary/aromatic N) is 1. The van der Waals surface area contributed by atoms with Crippen LogP contribution in [0.4, 0.5) is 0 Å². The van der Waals surface area contributed by atoms with E-state index in [2.05, 4.69) is 0 Å². The van der Waals surface area contributed by atoms with Crippen LogP contribution in [0, 0.1) is 15.5 Å². The summed E-state index contributed by atoms with van der Waals surface area (Å²) < 4.78 is 0. The number of allylic oxidation sites excluding steroid dienone is 4. The summed E-state index contributed by atoms with van der Waals surface area (Å²) in [5.41, 5.74) is 3.43. The van der Waals surface area contributed by atoms with E-state index >= 15 is 0 Å². The third-order valence-corrected chi connectivity index (χ3v) is 2.97. The molecule has 4 heteroatoms. The zero-order valence-electron chi connectivity index (χ0n) is 8.81. The van der Waals surface area contributed by atoms with Crippen molar-refractivity contribution in [2.75, 3.05) is 0 Å². The lowest BCUT2D eigenvalue weighted by molar-refractivity contribution is -0.415. The van der Waals surface area contributed by atoms with Crippen LogP contribution < -0.4 is 0 Å². The topological polar surface area (TPSA) is 67.0 Å². The summed E-state index contributed by atoms with van der Waals surface area (Å²) in [4.78, 5) is 10.3. The first kappa shape index (κ1) is 9.72. The third kappa shape index (κ3) is 1.27. The quantitative estimate of drug-likeness (QED) is 0.588. The molecule has 1 N–H and O–H groups in total. The van der Waals surface area contributed by atoms with E-state index in [1.54, 1.807) is 6.08 Å². The Morgan fingerprint density at radius 1 is 1.12 bits per heavy atom. The maximum absolute atomic E-state index is 10.8. The number of nitro groups is 1. The van der Waals surface area contributed by atoms with Crippen LogP contribution >= 0.6 is 0 Å². The van der Waals surface area contributed by atoms with Gasteiger partial charge in [-0.05, 0) is 28.9 Å². The van der Waals surface area contributed by atoms with Crippen LogP contribution in [0.25, 0.3) is 11.6 Å². The molecule has 0 amide bonds. The molecule has 0 saturated carbocycles. The molecule has 0 saturated heterocycles. The van der Waals surface area contributed by atoms with E-state index in [9.17, 15) is 10.1 Å². The molecule has 0 heterocycles. The summed E-state index contributed by atoms with van der Waals surface area (Å²) >= 11 is 0. The minimum atomic E-state index is -0.514. The van der Waals surface area contributed by atoms with E-state index in [-0.39, 0.29) is 11.4 Å². The number of hydrogen-bond acceptors (Lipinski definition) is 3. The number of fused-ring (bicyclic) bond motifs is 3. The molecule has 0 radical (unpaired) electrons. The van der Waals surface area contributed by atoms with E-state index in [1.807, 2.05) is 30.3 Å². The molecule has 1 aromatic carbocycles. The van der Waals surface area contributed by atoms with Crippen molar-refractivity contribution < 1.29 is 4.92 Å². The SMILES string of the molecule is N=C1C2=Cc3ccccc3C2=CC=C1[N+](=O)[O-]. The second kappa shape index (κ2) is 3.25. The van der Waals surface area contributed by atoms with E-state index in [0.717, 1.165) is 16.7 Å². The molecule has 0 aliphatic heterocycles. The summed E-state index contributed by atoms with van der Waals surface area (Å²) in [7, 11) is 0. The Hall–Kier alpha value is -2.49. The molecular formula is C13H8N2O2. The molecule has 1 aromatic rings. The zero-order valence-corrected chi connectivity index (χ0v) is 8.81. The molecule has 0 unspecified atom stereocenters. The van der Waals surface area contributed by atoms with Crippen molar-refractivity contribution in [1.29, 1.82) is 5.41 Å². The van der Waals surface area contributed by atoms with Crippen molar-refractivity contribution in [2.24, 2.45) is 0 Å². The van der Waals surface area contributed by atoms with Gasteiger partial charge in [0.25, 0.3) is 5.70 Å². The lowest BCUT2D eigenvalue weighted by Gasteiger charge is -2.10. The average molecular weight is 224 g/mol. The lowest BCUT2D eigenvalue weighted by Crippen LogP contribution is -2.15. The van der Waals surface area contributed by atoms with Crippen LogP contribution in [-0.2, 0) is 0 Å². The fourth-order valence-electron chi connectivity index (χ4n) is 2.17. The zero-order chi connectivity index (χ0) is 12.0. The average Bonchev–Trinajstić information content (AvgIpc) is 2.69. The van der Waals surface area contributed by atoms with Crippen molar-refractivity contribution in [1.82, 2.24) is 0 Å². The molecule has 17 heavy (non-hydrogen) atoms. The molecule has 2 aliphatic carbocycles. The number of rotatable bonds is 1. The Balaban J connectivity index is 2.19. The van der Waals surface area contributed by atoms with Crippen molar-refractivity contribution in [3.05, 3.63) is 68.9 Å².